The average molecular weight is 399 g/mol. The predicted octanol–water partition coefficient (Wildman–Crippen LogP) is 4.60. The van der Waals surface area contributed by atoms with Crippen molar-refractivity contribution in [3.63, 3.8) is 0 Å². The van der Waals surface area contributed by atoms with E-state index in [1.165, 1.54) is 5.56 Å². The zero-order chi connectivity index (χ0) is 19.4. The molecule has 6 rings (SSSR count). The van der Waals surface area contributed by atoms with Gasteiger partial charge in [0.1, 0.15) is 18.1 Å². The summed E-state index contributed by atoms with van der Waals surface area (Å²) in [6.45, 7) is 2.09. The maximum atomic E-state index is 6.57. The van der Waals surface area contributed by atoms with E-state index in [0.717, 1.165) is 39.0 Å². The Morgan fingerprint density at radius 1 is 1.17 bits per heavy atom. The molecule has 0 unspecified atom stereocenters. The van der Waals surface area contributed by atoms with E-state index >= 15 is 0 Å². The predicted molar refractivity (Wildman–Crippen MR) is 112 cm³/mol. The van der Waals surface area contributed by atoms with E-state index < -0.39 is 0 Å². The number of hydrogen-bond acceptors (Lipinski definition) is 6. The van der Waals surface area contributed by atoms with Gasteiger partial charge >= 0.3 is 0 Å². The lowest BCUT2D eigenvalue weighted by Gasteiger charge is -2.38. The first-order valence-corrected chi connectivity index (χ1v) is 10.3. The summed E-state index contributed by atoms with van der Waals surface area (Å²) in [4.78, 5) is 9.97. The van der Waals surface area contributed by atoms with Crippen molar-refractivity contribution in [2.24, 2.45) is 0 Å². The molecule has 0 bridgehead atoms. The number of hydrogen-bond donors (Lipinski definition) is 1. The van der Waals surface area contributed by atoms with Crippen LogP contribution in [0.3, 0.4) is 0 Å². The zero-order valence-corrected chi connectivity index (χ0v) is 16.4. The molecular weight excluding hydrogens is 382 g/mol. The van der Waals surface area contributed by atoms with Crippen molar-refractivity contribution in [3.05, 3.63) is 93.7 Å². The Morgan fingerprint density at radius 3 is 2.97 bits per heavy atom. The number of fused-ring (bicyclic) bond motifs is 3. The molecule has 7 heteroatoms. The number of benzene rings is 1. The third-order valence-electron chi connectivity index (χ3n) is 5.37. The van der Waals surface area contributed by atoms with Gasteiger partial charge in [0, 0.05) is 28.4 Å². The molecule has 5 heterocycles. The Labute approximate surface area is 171 Å². The number of ether oxygens (including phenoxy) is 1. The summed E-state index contributed by atoms with van der Waals surface area (Å²) >= 11 is 1.70. The minimum absolute atomic E-state index is 0.154. The van der Waals surface area contributed by atoms with Crippen LogP contribution in [0.2, 0.25) is 0 Å². The summed E-state index contributed by atoms with van der Waals surface area (Å²) in [5, 5.41) is 10.1. The van der Waals surface area contributed by atoms with Crippen LogP contribution in [0.25, 0.3) is 5.70 Å². The maximum absolute atomic E-state index is 6.57. The minimum atomic E-state index is -0.213. The minimum Gasteiger partial charge on any atom is -0.480 e. The van der Waals surface area contributed by atoms with Crippen LogP contribution in [0, 0.1) is 6.92 Å². The second-order valence-electron chi connectivity index (χ2n) is 7.19. The summed E-state index contributed by atoms with van der Waals surface area (Å²) in [6.07, 6.45) is 5.05. The van der Waals surface area contributed by atoms with Crippen molar-refractivity contribution in [3.8, 4) is 5.75 Å². The van der Waals surface area contributed by atoms with Gasteiger partial charge in [-0.25, -0.2) is 4.68 Å². The van der Waals surface area contributed by atoms with E-state index in [1.807, 2.05) is 16.9 Å². The number of aryl methyl sites for hydroxylation is 1. The van der Waals surface area contributed by atoms with Crippen LogP contribution in [0.5, 0.6) is 5.75 Å². The van der Waals surface area contributed by atoms with Crippen molar-refractivity contribution in [1.82, 2.24) is 19.7 Å². The fourth-order valence-electron chi connectivity index (χ4n) is 4.12. The summed E-state index contributed by atoms with van der Waals surface area (Å²) in [7, 11) is 0. The van der Waals surface area contributed by atoms with E-state index in [4.69, 9.17) is 4.74 Å². The van der Waals surface area contributed by atoms with Crippen LogP contribution < -0.4 is 10.1 Å². The molecule has 2 aliphatic heterocycles. The first kappa shape index (κ1) is 16.5. The van der Waals surface area contributed by atoms with E-state index in [9.17, 15) is 0 Å². The quantitative estimate of drug-likeness (QED) is 0.534. The molecule has 4 aromatic rings. The van der Waals surface area contributed by atoms with Crippen LogP contribution in [0.4, 0.5) is 5.95 Å². The first-order valence-electron chi connectivity index (χ1n) is 9.41. The molecule has 0 fully saturated rings. The first-order chi connectivity index (χ1) is 14.3. The normalized spacial score (nSPS) is 19.6. The molecule has 0 spiro atoms. The van der Waals surface area contributed by atoms with E-state index in [2.05, 4.69) is 69.1 Å². The molecule has 0 radical (unpaired) electrons. The lowest BCUT2D eigenvalue weighted by atomic mass is 9.87. The second kappa shape index (κ2) is 6.28. The van der Waals surface area contributed by atoms with Gasteiger partial charge in [0.15, 0.2) is 6.10 Å². The Bertz CT molecular complexity index is 1230. The molecule has 0 aliphatic carbocycles. The molecule has 0 amide bonds. The molecular formula is C22H17N5OS. The number of thiophene rings is 1. The Kier molecular flexibility index (Phi) is 3.57. The van der Waals surface area contributed by atoms with Crippen LogP contribution >= 0.6 is 11.3 Å². The molecule has 3 aromatic heterocycles. The van der Waals surface area contributed by atoms with Gasteiger partial charge in [-0.2, -0.15) is 10.1 Å². The van der Waals surface area contributed by atoms with Crippen LogP contribution in [0.15, 0.2) is 72.1 Å². The molecule has 0 saturated heterocycles. The number of anilines is 1. The lowest BCUT2D eigenvalue weighted by molar-refractivity contribution is 0.226. The fourth-order valence-corrected chi connectivity index (χ4v) is 4.89. The number of nitrogens with one attached hydrogen (secondary N) is 1. The fraction of sp³-hybridized carbons (Fsp3) is 0.136. The topological polar surface area (TPSA) is 64.9 Å². The van der Waals surface area contributed by atoms with Crippen molar-refractivity contribution in [2.75, 3.05) is 5.32 Å². The number of rotatable bonds is 2. The zero-order valence-electron chi connectivity index (χ0n) is 15.6. The van der Waals surface area contributed by atoms with Crippen LogP contribution in [-0.2, 0) is 0 Å². The molecule has 0 saturated carbocycles. The van der Waals surface area contributed by atoms with Crippen molar-refractivity contribution < 1.29 is 4.74 Å². The monoisotopic (exact) mass is 399 g/mol. The Balaban J connectivity index is 1.66. The lowest BCUT2D eigenvalue weighted by Crippen LogP contribution is -2.32. The Morgan fingerprint density at radius 2 is 2.14 bits per heavy atom. The van der Waals surface area contributed by atoms with Gasteiger partial charge in [-0.1, -0.05) is 23.8 Å². The summed E-state index contributed by atoms with van der Waals surface area (Å²) in [6, 6.07) is 14.4. The number of aromatic nitrogens is 4. The van der Waals surface area contributed by atoms with Gasteiger partial charge in [0.2, 0.25) is 5.95 Å². The Hall–Kier alpha value is -3.45. The highest BCUT2D eigenvalue weighted by molar-refractivity contribution is 7.10. The average Bonchev–Trinajstić information content (AvgIpc) is 3.44. The van der Waals surface area contributed by atoms with Gasteiger partial charge in [0.25, 0.3) is 0 Å². The molecule has 2 atom stereocenters. The second-order valence-corrected chi connectivity index (χ2v) is 8.16. The van der Waals surface area contributed by atoms with Crippen LogP contribution in [-0.4, -0.2) is 19.7 Å². The molecule has 142 valence electrons. The molecule has 6 nitrogen and oxygen atoms in total. The highest BCUT2D eigenvalue weighted by Gasteiger charge is 2.41. The maximum Gasteiger partial charge on any atom is 0.226 e. The van der Waals surface area contributed by atoms with Crippen LogP contribution in [0.1, 0.15) is 33.7 Å². The van der Waals surface area contributed by atoms with E-state index in [-0.39, 0.29) is 12.1 Å². The van der Waals surface area contributed by atoms with Gasteiger partial charge in [-0.15, -0.1) is 11.3 Å². The molecule has 2 aliphatic rings. The smallest absolute Gasteiger partial charge is 0.226 e. The highest BCUT2D eigenvalue weighted by atomic mass is 32.1. The van der Waals surface area contributed by atoms with Crippen molar-refractivity contribution >= 4 is 23.0 Å². The molecule has 1 aromatic carbocycles. The van der Waals surface area contributed by atoms with Gasteiger partial charge in [-0.05, 0) is 42.1 Å². The standard InChI is InChI=1S/C22H17N5OS/c1-13-6-7-16-15(10-13)19-18(21(28-16)17-5-3-9-29-17)20(14-4-2-8-23-11-14)27-22(26-19)24-12-25-27/h2-12,20-21H,1H3,(H,24,25,26)/t20-,21+/m1/s1. The third-order valence-corrected chi connectivity index (χ3v) is 6.29. The molecule has 1 N–H and O–H groups in total. The largest absolute Gasteiger partial charge is 0.480 e. The summed E-state index contributed by atoms with van der Waals surface area (Å²) in [5.74, 6) is 1.59. The van der Waals surface area contributed by atoms with Gasteiger partial charge < -0.3 is 10.1 Å². The summed E-state index contributed by atoms with van der Waals surface area (Å²) < 4.78 is 8.49. The van der Waals surface area contributed by atoms with E-state index in [0.29, 0.717) is 0 Å². The van der Waals surface area contributed by atoms with Crippen molar-refractivity contribution in [2.45, 2.75) is 19.1 Å². The SMILES string of the molecule is Cc1ccc2c(c1)C1=C([C@H](c3cccs3)O2)[C@@H](c2cccnc2)n2ncnc2N1. The summed E-state index contributed by atoms with van der Waals surface area (Å²) in [5.41, 5.74) is 5.45. The van der Waals surface area contributed by atoms with E-state index in [1.54, 1.807) is 23.9 Å². The van der Waals surface area contributed by atoms with Crippen molar-refractivity contribution in [1.29, 1.82) is 0 Å². The molecule has 29 heavy (non-hydrogen) atoms. The number of nitrogens with zero attached hydrogens (tertiary/aromatic N) is 4. The van der Waals surface area contributed by atoms with Gasteiger partial charge in [0.05, 0.1) is 5.70 Å². The number of pyridine rings is 1. The van der Waals surface area contributed by atoms with Gasteiger partial charge in [-0.3, -0.25) is 4.98 Å². The highest BCUT2D eigenvalue weighted by Crippen LogP contribution is 2.51. The third kappa shape index (κ3) is 2.51.